The van der Waals surface area contributed by atoms with Crippen molar-refractivity contribution in [3.63, 3.8) is 0 Å². The van der Waals surface area contributed by atoms with Gasteiger partial charge in [0.05, 0.1) is 55.0 Å². The molecule has 4 aromatic rings. The Balaban J connectivity index is 1.07. The van der Waals surface area contributed by atoms with Gasteiger partial charge in [-0.3, -0.25) is 9.59 Å². The summed E-state index contributed by atoms with van der Waals surface area (Å²) in [5.74, 6) is 1.79. The van der Waals surface area contributed by atoms with Crippen LogP contribution in [0.4, 0.5) is 9.59 Å². The van der Waals surface area contributed by atoms with Crippen LogP contribution in [-0.2, 0) is 30.9 Å². The minimum Gasteiger partial charge on any atom is -0.453 e. The second kappa shape index (κ2) is 17.9. The van der Waals surface area contributed by atoms with Gasteiger partial charge in [0.15, 0.2) is 0 Å². The number of aromatic nitrogens is 4. The van der Waals surface area contributed by atoms with E-state index in [9.17, 15) is 19.2 Å². The molecule has 0 radical (unpaired) electrons. The number of rotatable bonds is 11. The minimum atomic E-state index is -0.690. The normalized spacial score (nSPS) is 23.2. The van der Waals surface area contributed by atoms with Gasteiger partial charge in [-0.2, -0.15) is 0 Å². The molecule has 332 valence electrons. The highest BCUT2D eigenvalue weighted by molar-refractivity contribution is 7.18. The third kappa shape index (κ3) is 8.24. The van der Waals surface area contributed by atoms with Crippen LogP contribution in [0.25, 0.3) is 32.3 Å². The average Bonchev–Trinajstić information content (AvgIpc) is 4.13. The van der Waals surface area contributed by atoms with Gasteiger partial charge in [-0.1, -0.05) is 46.8 Å². The summed E-state index contributed by atoms with van der Waals surface area (Å²) in [7, 11) is 2.61. The van der Waals surface area contributed by atoms with Crippen molar-refractivity contribution < 1.29 is 28.7 Å². The molecule has 1 spiro atoms. The molecule has 4 atom stereocenters. The molecule has 15 heteroatoms. The number of nitrogens with one attached hydrogen (secondary N) is 4. The number of benzene rings is 1. The fourth-order valence-corrected chi connectivity index (χ4v) is 11.6. The van der Waals surface area contributed by atoms with Crippen LogP contribution >= 0.6 is 11.3 Å². The Kier molecular flexibility index (Phi) is 12.5. The summed E-state index contributed by atoms with van der Waals surface area (Å²) >= 11 is 1.76. The molecule has 4 aliphatic rings. The first kappa shape index (κ1) is 43.5. The summed E-state index contributed by atoms with van der Waals surface area (Å²) in [5.41, 5.74) is 7.33. The van der Waals surface area contributed by atoms with Gasteiger partial charge in [0.1, 0.15) is 23.7 Å². The molecule has 5 heterocycles. The number of alkyl carbamates (subject to hydrolysis) is 2. The van der Waals surface area contributed by atoms with Crippen LogP contribution in [0.15, 0.2) is 36.7 Å². The molecule has 2 saturated heterocycles. The molecule has 8 rings (SSSR count). The molecular weight excluding hydrogens is 805 g/mol. The number of hydrogen-bond acceptors (Lipinski definition) is 9. The van der Waals surface area contributed by atoms with Crippen LogP contribution in [0.2, 0.25) is 0 Å². The number of methoxy groups -OCH3 is 2. The van der Waals surface area contributed by atoms with E-state index in [0.717, 1.165) is 72.4 Å². The first-order valence-electron chi connectivity index (χ1n) is 22.5. The Morgan fingerprint density at radius 2 is 1.24 bits per heavy atom. The summed E-state index contributed by atoms with van der Waals surface area (Å²) in [6.45, 7) is 11.3. The lowest BCUT2D eigenvalue weighted by molar-refractivity contribution is -0.136. The minimum absolute atomic E-state index is 0.106. The third-order valence-corrected chi connectivity index (χ3v) is 15.2. The topological polar surface area (TPSA) is 175 Å². The standard InChI is InChI=1S/C47H62N8O6S/c1-26(2)39(52-45(58)60-6)43(56)54-22-8-10-34(54)41-48-24-32(50-41)29-12-13-31(38-30(29)18-21-47(38)19-16-28(5)17-20-47)36-14-15-37(62-36)33-25-49-42(51-33)35-11-9-23-55(35)44(57)40(27(3)4)53-46(59)61-7/h12-15,24-28,34-35,39-40H,8-11,16-23H2,1-7H3,(H,48,50)(H,49,51)(H,52,58)(H,53,59)/t28?,34-,35+,39+,40+,47?/m1/s1. The summed E-state index contributed by atoms with van der Waals surface area (Å²) in [6, 6.07) is 7.18. The fourth-order valence-electron chi connectivity index (χ4n) is 10.6. The number of likely N-dealkylation sites (tertiary alicyclic amines) is 2. The Morgan fingerprint density at radius 3 is 1.79 bits per heavy atom. The second-order valence-electron chi connectivity index (χ2n) is 18.6. The Bertz CT molecular complexity index is 2290. The monoisotopic (exact) mass is 866 g/mol. The predicted molar refractivity (Wildman–Crippen MR) is 238 cm³/mol. The highest BCUT2D eigenvalue weighted by atomic mass is 32.1. The SMILES string of the molecule is COC(=O)N[C@H](C(=O)N1CCC[C@@H]1c1ncc(-c2ccc(-c3ccc(-c4cnc([C@@H]5CCCN5C(=O)[C@@H](NC(=O)OC)C(C)C)[nH]4)s3)c3c2CCC32CCC(C)CC2)[nH]1)C(C)C. The zero-order valence-electron chi connectivity index (χ0n) is 37.1. The molecule has 3 aromatic heterocycles. The molecule has 3 fully saturated rings. The molecule has 2 aliphatic carbocycles. The Hall–Kier alpha value is -5.18. The average molecular weight is 867 g/mol. The summed E-state index contributed by atoms with van der Waals surface area (Å²) < 4.78 is 9.65. The molecule has 1 aromatic carbocycles. The number of imidazole rings is 2. The van der Waals surface area contributed by atoms with E-state index in [-0.39, 0.29) is 41.1 Å². The molecule has 1 saturated carbocycles. The third-order valence-electron chi connectivity index (χ3n) is 14.0. The number of aromatic amines is 2. The molecule has 4 N–H and O–H groups in total. The van der Waals surface area contributed by atoms with E-state index in [1.165, 1.54) is 67.0 Å². The maximum absolute atomic E-state index is 13.9. The van der Waals surface area contributed by atoms with Crippen LogP contribution in [0.5, 0.6) is 0 Å². The lowest BCUT2D eigenvalue weighted by atomic mass is 9.66. The number of amides is 4. The molecule has 0 bridgehead atoms. The van der Waals surface area contributed by atoms with Gasteiger partial charge in [-0.25, -0.2) is 19.6 Å². The van der Waals surface area contributed by atoms with Crippen molar-refractivity contribution in [3.8, 4) is 32.3 Å². The number of ether oxygens (including phenoxy) is 2. The van der Waals surface area contributed by atoms with Crippen molar-refractivity contribution in [1.29, 1.82) is 0 Å². The molecule has 4 amide bonds. The van der Waals surface area contributed by atoms with Crippen molar-refractivity contribution in [2.24, 2.45) is 17.8 Å². The highest BCUT2D eigenvalue weighted by Gasteiger charge is 2.45. The van der Waals surface area contributed by atoms with E-state index < -0.39 is 24.3 Å². The van der Waals surface area contributed by atoms with E-state index in [1.807, 2.05) is 49.9 Å². The van der Waals surface area contributed by atoms with Gasteiger partial charge in [-0.05, 0) is 116 Å². The summed E-state index contributed by atoms with van der Waals surface area (Å²) in [6.07, 6.45) is 12.8. The number of H-pyrrole nitrogens is 2. The zero-order chi connectivity index (χ0) is 43.9. The number of carbonyl (C=O) groups is 4. The molecule has 14 nitrogen and oxygen atoms in total. The second-order valence-corrected chi connectivity index (χ2v) is 19.7. The number of nitrogens with zero attached hydrogens (tertiary/aromatic N) is 4. The molecule has 0 unspecified atom stereocenters. The largest absolute Gasteiger partial charge is 0.453 e. The van der Waals surface area contributed by atoms with Gasteiger partial charge in [0.2, 0.25) is 11.8 Å². The van der Waals surface area contributed by atoms with Crippen molar-refractivity contribution in [2.75, 3.05) is 27.3 Å². The number of carbonyl (C=O) groups excluding carboxylic acids is 4. The van der Waals surface area contributed by atoms with E-state index in [4.69, 9.17) is 19.4 Å². The molecule has 62 heavy (non-hydrogen) atoms. The fraction of sp³-hybridized carbons (Fsp3) is 0.574. The first-order valence-corrected chi connectivity index (χ1v) is 23.3. The number of hydrogen-bond donors (Lipinski definition) is 4. The van der Waals surface area contributed by atoms with Crippen molar-refractivity contribution >= 4 is 35.3 Å². The Morgan fingerprint density at radius 1 is 0.726 bits per heavy atom. The number of thiophene rings is 1. The Labute approximate surface area is 368 Å². The number of fused-ring (bicyclic) bond motifs is 2. The smallest absolute Gasteiger partial charge is 0.407 e. The van der Waals surface area contributed by atoms with Crippen LogP contribution in [0.1, 0.15) is 127 Å². The maximum atomic E-state index is 13.9. The van der Waals surface area contributed by atoms with Crippen molar-refractivity contribution in [1.82, 2.24) is 40.4 Å². The highest BCUT2D eigenvalue weighted by Crippen LogP contribution is 2.56. The lowest BCUT2D eigenvalue weighted by Gasteiger charge is -2.38. The van der Waals surface area contributed by atoms with Gasteiger partial charge in [-0.15, -0.1) is 11.3 Å². The summed E-state index contributed by atoms with van der Waals surface area (Å²) in [5, 5.41) is 5.49. The van der Waals surface area contributed by atoms with Gasteiger partial charge >= 0.3 is 12.2 Å². The van der Waals surface area contributed by atoms with E-state index >= 15 is 0 Å². The van der Waals surface area contributed by atoms with Gasteiger partial charge in [0, 0.05) is 23.5 Å². The van der Waals surface area contributed by atoms with Crippen LogP contribution in [0, 0.1) is 17.8 Å². The summed E-state index contributed by atoms with van der Waals surface area (Å²) in [4.78, 5) is 74.9. The van der Waals surface area contributed by atoms with E-state index in [1.54, 1.807) is 11.3 Å². The van der Waals surface area contributed by atoms with E-state index in [0.29, 0.717) is 13.1 Å². The zero-order valence-corrected chi connectivity index (χ0v) is 38.0. The van der Waals surface area contributed by atoms with E-state index in [2.05, 4.69) is 51.8 Å². The predicted octanol–water partition coefficient (Wildman–Crippen LogP) is 8.68. The van der Waals surface area contributed by atoms with Gasteiger partial charge in [0.25, 0.3) is 0 Å². The van der Waals surface area contributed by atoms with Crippen LogP contribution < -0.4 is 10.6 Å². The molecule has 2 aliphatic heterocycles. The van der Waals surface area contributed by atoms with Crippen molar-refractivity contribution in [2.45, 2.75) is 128 Å². The van der Waals surface area contributed by atoms with Crippen LogP contribution in [-0.4, -0.2) is 93.1 Å². The quantitative estimate of drug-likeness (QED) is 0.116. The van der Waals surface area contributed by atoms with Gasteiger partial charge < -0.3 is 39.9 Å². The molecular formula is C47H62N8O6S. The first-order chi connectivity index (χ1) is 29.8. The lowest BCUT2D eigenvalue weighted by Crippen LogP contribution is -2.51. The van der Waals surface area contributed by atoms with Crippen LogP contribution in [0.3, 0.4) is 0 Å². The van der Waals surface area contributed by atoms with Crippen molar-refractivity contribution in [3.05, 3.63) is 59.4 Å². The maximum Gasteiger partial charge on any atom is 0.407 e.